The van der Waals surface area contributed by atoms with E-state index >= 15 is 0 Å². The zero-order chi connectivity index (χ0) is 18.6. The largest absolute Gasteiger partial charge is 0.368 e. The molecule has 25 heavy (non-hydrogen) atoms. The Morgan fingerprint density at radius 2 is 1.96 bits per heavy atom. The smallest absolute Gasteiger partial charge is 0.239 e. The van der Waals surface area contributed by atoms with Gasteiger partial charge in [0, 0.05) is 25.0 Å². The van der Waals surface area contributed by atoms with Crippen molar-refractivity contribution in [2.45, 2.75) is 45.7 Å². The van der Waals surface area contributed by atoms with E-state index in [-0.39, 0.29) is 29.6 Å². The summed E-state index contributed by atoms with van der Waals surface area (Å²) in [5.41, 5.74) is 6.22. The quantitative estimate of drug-likeness (QED) is 0.827. The lowest BCUT2D eigenvalue weighted by atomic mass is 9.88. The molecule has 1 heterocycles. The van der Waals surface area contributed by atoms with Gasteiger partial charge in [-0.3, -0.25) is 14.9 Å². The van der Waals surface area contributed by atoms with Gasteiger partial charge in [0.1, 0.15) is 11.9 Å². The van der Waals surface area contributed by atoms with Crippen molar-refractivity contribution in [3.63, 3.8) is 0 Å². The zero-order valence-electron chi connectivity index (χ0n) is 15.2. The van der Waals surface area contributed by atoms with Gasteiger partial charge in [0.25, 0.3) is 0 Å². The van der Waals surface area contributed by atoms with Crippen molar-refractivity contribution in [2.75, 3.05) is 13.1 Å². The fourth-order valence-corrected chi connectivity index (χ4v) is 3.44. The van der Waals surface area contributed by atoms with Crippen molar-refractivity contribution in [1.29, 1.82) is 0 Å². The number of nitrogens with zero attached hydrogens (tertiary/aromatic N) is 1. The number of carbonyl (C=O) groups is 2. The van der Waals surface area contributed by atoms with Gasteiger partial charge in [-0.15, -0.1) is 0 Å². The summed E-state index contributed by atoms with van der Waals surface area (Å²) in [7, 11) is 0. The molecule has 0 bridgehead atoms. The summed E-state index contributed by atoms with van der Waals surface area (Å²) in [6.07, 6.45) is 1.66. The summed E-state index contributed by atoms with van der Waals surface area (Å²) >= 11 is 0. The molecule has 3 N–H and O–H groups in total. The van der Waals surface area contributed by atoms with Gasteiger partial charge in [-0.1, -0.05) is 39.3 Å². The summed E-state index contributed by atoms with van der Waals surface area (Å²) in [5, 5.41) is 3.35. The highest BCUT2D eigenvalue weighted by Crippen LogP contribution is 2.25. The van der Waals surface area contributed by atoms with Crippen molar-refractivity contribution < 1.29 is 14.0 Å². The molecule has 1 fully saturated rings. The van der Waals surface area contributed by atoms with Crippen LogP contribution in [0.1, 0.15) is 45.2 Å². The normalized spacial score (nSPS) is 22.0. The number of hydrogen-bond acceptors (Lipinski definition) is 3. The molecule has 1 aromatic rings. The Kier molecular flexibility index (Phi) is 6.53. The van der Waals surface area contributed by atoms with Crippen LogP contribution in [0, 0.1) is 17.7 Å². The molecule has 1 aliphatic heterocycles. The summed E-state index contributed by atoms with van der Waals surface area (Å²) in [6.45, 7) is 7.25. The zero-order valence-corrected chi connectivity index (χ0v) is 15.2. The minimum Gasteiger partial charge on any atom is -0.368 e. The first-order chi connectivity index (χ1) is 11.8. The van der Waals surface area contributed by atoms with E-state index in [0.29, 0.717) is 18.7 Å². The average Bonchev–Trinajstić information content (AvgIpc) is 2.59. The fourth-order valence-electron chi connectivity index (χ4n) is 3.44. The second-order valence-electron chi connectivity index (χ2n) is 7.06. The number of carbonyl (C=O) groups excluding carboxylic acids is 2. The van der Waals surface area contributed by atoms with Crippen LogP contribution in [0.15, 0.2) is 24.3 Å². The van der Waals surface area contributed by atoms with Crippen molar-refractivity contribution in [1.82, 2.24) is 10.2 Å². The molecule has 3 atom stereocenters. The van der Waals surface area contributed by atoms with Crippen LogP contribution < -0.4 is 11.1 Å². The van der Waals surface area contributed by atoms with Crippen LogP contribution in [0.3, 0.4) is 0 Å². The molecule has 1 aromatic carbocycles. The molecule has 5 nitrogen and oxygen atoms in total. The molecule has 0 saturated carbocycles. The third-order valence-electron chi connectivity index (χ3n) is 4.93. The number of benzene rings is 1. The summed E-state index contributed by atoms with van der Waals surface area (Å²) < 4.78 is 13.1. The highest BCUT2D eigenvalue weighted by atomic mass is 19.1. The summed E-state index contributed by atoms with van der Waals surface area (Å²) in [6, 6.07) is 5.24. The number of likely N-dealkylation sites (tertiary alicyclic amines) is 1. The Balaban J connectivity index is 2.10. The average molecular weight is 349 g/mol. The van der Waals surface area contributed by atoms with Crippen LogP contribution in [0.2, 0.25) is 0 Å². The first-order valence-corrected chi connectivity index (χ1v) is 8.93. The van der Waals surface area contributed by atoms with E-state index in [9.17, 15) is 14.0 Å². The Bertz CT molecular complexity index is 603. The third kappa shape index (κ3) is 4.78. The number of halogens is 1. The number of nitrogens with one attached hydrogen (secondary N) is 1. The molecule has 138 valence electrons. The molecule has 0 radical (unpaired) electrons. The molecule has 2 amide bonds. The monoisotopic (exact) mass is 349 g/mol. The van der Waals surface area contributed by atoms with Crippen molar-refractivity contribution in [3.8, 4) is 0 Å². The van der Waals surface area contributed by atoms with Crippen molar-refractivity contribution in [3.05, 3.63) is 35.6 Å². The topological polar surface area (TPSA) is 75.4 Å². The molecule has 0 aliphatic carbocycles. The predicted octanol–water partition coefficient (Wildman–Crippen LogP) is 2.22. The van der Waals surface area contributed by atoms with Crippen molar-refractivity contribution >= 4 is 11.8 Å². The summed E-state index contributed by atoms with van der Waals surface area (Å²) in [5.74, 6) is -0.429. The van der Waals surface area contributed by atoms with Crippen LogP contribution >= 0.6 is 0 Å². The highest BCUT2D eigenvalue weighted by Gasteiger charge is 2.33. The molecule has 6 heteroatoms. The lowest BCUT2D eigenvalue weighted by molar-refractivity contribution is -0.137. The first-order valence-electron chi connectivity index (χ1n) is 8.93. The molecule has 1 aliphatic rings. The van der Waals surface area contributed by atoms with Crippen LogP contribution in [-0.4, -0.2) is 35.8 Å². The van der Waals surface area contributed by atoms with Gasteiger partial charge in [0.2, 0.25) is 11.8 Å². The van der Waals surface area contributed by atoms with Crippen LogP contribution in [0.4, 0.5) is 4.39 Å². The number of piperidine rings is 1. The maximum Gasteiger partial charge on any atom is 0.239 e. The van der Waals surface area contributed by atoms with Gasteiger partial charge < -0.3 is 10.6 Å². The number of rotatable bonds is 6. The second-order valence-corrected chi connectivity index (χ2v) is 7.06. The number of primary amides is 1. The van der Waals surface area contributed by atoms with Gasteiger partial charge in [-0.05, 0) is 30.0 Å². The Hall–Kier alpha value is -1.95. The number of hydrogen-bond donors (Lipinski definition) is 2. The van der Waals surface area contributed by atoms with Crippen LogP contribution in [0.25, 0.3) is 0 Å². The Morgan fingerprint density at radius 1 is 1.32 bits per heavy atom. The van der Waals surface area contributed by atoms with E-state index < -0.39 is 11.9 Å². The van der Waals surface area contributed by atoms with E-state index in [1.54, 1.807) is 12.1 Å². The number of nitrogens with two attached hydrogens (primary N) is 1. The van der Waals surface area contributed by atoms with Gasteiger partial charge in [0.05, 0.1) is 0 Å². The molecule has 0 spiro atoms. The Labute approximate surface area is 148 Å². The van der Waals surface area contributed by atoms with E-state index in [0.717, 1.165) is 12.8 Å². The summed E-state index contributed by atoms with van der Waals surface area (Å²) in [4.78, 5) is 26.1. The van der Waals surface area contributed by atoms with Gasteiger partial charge in [-0.2, -0.15) is 0 Å². The van der Waals surface area contributed by atoms with E-state index in [1.165, 1.54) is 12.1 Å². The predicted molar refractivity (Wildman–Crippen MR) is 95.1 cm³/mol. The minimum absolute atomic E-state index is 0.0143. The third-order valence-corrected chi connectivity index (χ3v) is 4.93. The van der Waals surface area contributed by atoms with Crippen molar-refractivity contribution in [2.24, 2.45) is 17.6 Å². The fraction of sp³-hybridized carbons (Fsp3) is 0.579. The highest BCUT2D eigenvalue weighted by molar-refractivity contribution is 5.81. The maximum absolute atomic E-state index is 13.1. The molecule has 1 saturated heterocycles. The minimum atomic E-state index is -0.660. The lowest BCUT2D eigenvalue weighted by Gasteiger charge is -2.40. The van der Waals surface area contributed by atoms with Gasteiger partial charge in [0.15, 0.2) is 0 Å². The molecular weight excluding hydrogens is 321 g/mol. The van der Waals surface area contributed by atoms with Crippen LogP contribution in [-0.2, 0) is 9.59 Å². The molecular formula is C19H28FN3O2. The van der Waals surface area contributed by atoms with E-state index in [1.807, 2.05) is 18.7 Å². The molecule has 0 aromatic heterocycles. The van der Waals surface area contributed by atoms with E-state index in [2.05, 4.69) is 12.2 Å². The van der Waals surface area contributed by atoms with E-state index in [4.69, 9.17) is 5.73 Å². The first kappa shape index (κ1) is 19.4. The maximum atomic E-state index is 13.1. The van der Waals surface area contributed by atoms with Gasteiger partial charge in [-0.25, -0.2) is 4.39 Å². The standard InChI is InChI=1S/C19H28FN3O2/c1-4-13-11-23(19(25)12(2)3)10-9-16(13)22-17(18(21)24)14-5-7-15(20)8-6-14/h5-8,12-13,16-17,22H,4,9-11H2,1-3H3,(H2,21,24). The molecule has 2 rings (SSSR count). The number of amides is 2. The molecule has 3 unspecified atom stereocenters. The Morgan fingerprint density at radius 3 is 2.48 bits per heavy atom. The SMILES string of the molecule is CCC1CN(C(=O)C(C)C)CCC1NC(C(N)=O)c1ccc(F)cc1. The van der Waals surface area contributed by atoms with Crippen LogP contribution in [0.5, 0.6) is 0 Å². The lowest BCUT2D eigenvalue weighted by Crippen LogP contribution is -2.53. The second kappa shape index (κ2) is 8.43. The van der Waals surface area contributed by atoms with Gasteiger partial charge >= 0.3 is 0 Å².